The molecule has 0 aromatic carbocycles. The van der Waals surface area contributed by atoms with Gasteiger partial charge in [-0.25, -0.2) is 0 Å². The summed E-state index contributed by atoms with van der Waals surface area (Å²) in [6.07, 6.45) is 8.96. The Balaban J connectivity index is 2.00. The van der Waals surface area contributed by atoms with Crippen LogP contribution in [0.4, 0.5) is 6.01 Å². The third kappa shape index (κ3) is 2.25. The zero-order chi connectivity index (χ0) is 9.80. The first-order chi connectivity index (χ1) is 6.86. The average Bonchev–Trinajstić information content (AvgIpc) is 2.51. The van der Waals surface area contributed by atoms with Crippen LogP contribution in [0.15, 0.2) is 4.52 Å². The van der Waals surface area contributed by atoms with E-state index < -0.39 is 0 Å². The molecule has 1 heterocycles. The summed E-state index contributed by atoms with van der Waals surface area (Å²) in [4.78, 5) is 4.11. The van der Waals surface area contributed by atoms with Crippen molar-refractivity contribution in [1.29, 1.82) is 0 Å². The highest BCUT2D eigenvalue weighted by Crippen LogP contribution is 2.29. The van der Waals surface area contributed by atoms with Crippen LogP contribution in [-0.4, -0.2) is 10.1 Å². The molecule has 1 aromatic rings. The van der Waals surface area contributed by atoms with Gasteiger partial charge in [0.05, 0.1) is 0 Å². The maximum Gasteiger partial charge on any atom is 0.318 e. The Hall–Kier alpha value is -1.06. The molecule has 1 aliphatic rings. The van der Waals surface area contributed by atoms with Gasteiger partial charge in [-0.3, -0.25) is 0 Å². The first-order valence-corrected chi connectivity index (χ1v) is 5.45. The summed E-state index contributed by atoms with van der Waals surface area (Å²) < 4.78 is 4.81. The van der Waals surface area contributed by atoms with Crippen LogP contribution in [-0.2, 0) is 0 Å². The molecule has 0 saturated heterocycles. The molecule has 4 heteroatoms. The van der Waals surface area contributed by atoms with Gasteiger partial charge >= 0.3 is 6.01 Å². The number of hydrogen-bond acceptors (Lipinski definition) is 4. The fourth-order valence-electron chi connectivity index (χ4n) is 2.13. The molecule has 0 aliphatic heterocycles. The summed E-state index contributed by atoms with van der Waals surface area (Å²) in [5.74, 6) is 1.28. The molecule has 0 atom stereocenters. The lowest BCUT2D eigenvalue weighted by Gasteiger charge is -2.15. The van der Waals surface area contributed by atoms with Gasteiger partial charge in [-0.1, -0.05) is 37.3 Å². The number of nitrogens with zero attached hydrogens (tertiary/aromatic N) is 2. The lowest BCUT2D eigenvalue weighted by molar-refractivity contribution is 0.395. The third-order valence-electron chi connectivity index (χ3n) is 2.93. The molecule has 14 heavy (non-hydrogen) atoms. The van der Waals surface area contributed by atoms with E-state index in [-0.39, 0.29) is 6.01 Å². The molecule has 0 spiro atoms. The molecular weight excluding hydrogens is 178 g/mol. The van der Waals surface area contributed by atoms with Crippen molar-refractivity contribution in [2.45, 2.75) is 50.9 Å². The van der Waals surface area contributed by atoms with Gasteiger partial charge in [0.1, 0.15) is 0 Å². The van der Waals surface area contributed by atoms with E-state index in [4.69, 9.17) is 10.3 Å². The highest BCUT2D eigenvalue weighted by molar-refractivity contribution is 5.09. The second-order valence-electron chi connectivity index (χ2n) is 4.03. The average molecular weight is 195 g/mol. The van der Waals surface area contributed by atoms with Crippen molar-refractivity contribution < 1.29 is 4.52 Å². The van der Waals surface area contributed by atoms with Crippen LogP contribution in [0, 0.1) is 0 Å². The molecule has 1 aliphatic carbocycles. The predicted octanol–water partition coefficient (Wildman–Crippen LogP) is 2.48. The number of nitrogen functional groups attached to an aromatic ring is 1. The Morgan fingerprint density at radius 2 is 1.71 bits per heavy atom. The predicted molar refractivity (Wildman–Crippen MR) is 53.8 cm³/mol. The fraction of sp³-hybridized carbons (Fsp3) is 0.800. The molecule has 0 radical (unpaired) electrons. The van der Waals surface area contributed by atoms with E-state index in [1.54, 1.807) is 0 Å². The van der Waals surface area contributed by atoms with Gasteiger partial charge in [-0.05, 0) is 12.8 Å². The number of rotatable bonds is 1. The van der Waals surface area contributed by atoms with Crippen LogP contribution in [0.3, 0.4) is 0 Å². The Morgan fingerprint density at radius 3 is 2.29 bits per heavy atom. The number of anilines is 1. The summed E-state index contributed by atoms with van der Waals surface area (Å²) >= 11 is 0. The zero-order valence-electron chi connectivity index (χ0n) is 8.41. The number of aromatic nitrogens is 2. The monoisotopic (exact) mass is 195 g/mol. The van der Waals surface area contributed by atoms with Crippen molar-refractivity contribution in [2.75, 3.05) is 5.73 Å². The van der Waals surface area contributed by atoms with Crippen molar-refractivity contribution in [2.24, 2.45) is 0 Å². The second-order valence-corrected chi connectivity index (χ2v) is 4.03. The van der Waals surface area contributed by atoms with Gasteiger partial charge in [0, 0.05) is 5.92 Å². The van der Waals surface area contributed by atoms with Gasteiger partial charge in [-0.2, -0.15) is 4.98 Å². The van der Waals surface area contributed by atoms with E-state index in [2.05, 4.69) is 10.1 Å². The van der Waals surface area contributed by atoms with Gasteiger partial charge in [0.2, 0.25) is 0 Å². The Bertz CT molecular complexity index is 277. The molecule has 0 amide bonds. The van der Waals surface area contributed by atoms with E-state index in [1.807, 2.05) is 0 Å². The molecule has 1 fully saturated rings. The van der Waals surface area contributed by atoms with Crippen molar-refractivity contribution in [3.05, 3.63) is 5.82 Å². The van der Waals surface area contributed by atoms with Crippen LogP contribution in [0.2, 0.25) is 0 Å². The van der Waals surface area contributed by atoms with Crippen molar-refractivity contribution in [1.82, 2.24) is 10.1 Å². The molecule has 2 N–H and O–H groups in total. The highest BCUT2D eigenvalue weighted by atomic mass is 16.5. The normalized spacial score (nSPS) is 20.3. The molecule has 2 rings (SSSR count). The minimum absolute atomic E-state index is 0.196. The summed E-state index contributed by atoms with van der Waals surface area (Å²) in [7, 11) is 0. The first kappa shape index (κ1) is 9.49. The lowest BCUT2D eigenvalue weighted by Crippen LogP contribution is -2.04. The lowest BCUT2D eigenvalue weighted by atomic mass is 9.91. The van der Waals surface area contributed by atoms with Crippen molar-refractivity contribution in [3.63, 3.8) is 0 Å². The minimum Gasteiger partial charge on any atom is -0.351 e. The quantitative estimate of drug-likeness (QED) is 0.747. The van der Waals surface area contributed by atoms with Crippen LogP contribution < -0.4 is 5.73 Å². The smallest absolute Gasteiger partial charge is 0.318 e. The maximum absolute atomic E-state index is 5.41. The molecular formula is C10H17N3O. The number of nitrogens with two attached hydrogens (primary N) is 1. The van der Waals surface area contributed by atoms with Crippen LogP contribution in [0.25, 0.3) is 0 Å². The summed E-state index contributed by atoms with van der Waals surface area (Å²) in [6, 6.07) is 0.196. The van der Waals surface area contributed by atoms with Crippen LogP contribution >= 0.6 is 0 Å². The molecule has 78 valence electrons. The largest absolute Gasteiger partial charge is 0.351 e. The van der Waals surface area contributed by atoms with Crippen LogP contribution in [0.5, 0.6) is 0 Å². The Kier molecular flexibility index (Phi) is 3.01. The van der Waals surface area contributed by atoms with E-state index in [0.29, 0.717) is 5.92 Å². The first-order valence-electron chi connectivity index (χ1n) is 5.45. The summed E-state index contributed by atoms with van der Waals surface area (Å²) in [5.41, 5.74) is 5.41. The van der Waals surface area contributed by atoms with E-state index in [9.17, 15) is 0 Å². The minimum atomic E-state index is 0.196. The zero-order valence-corrected chi connectivity index (χ0v) is 8.41. The topological polar surface area (TPSA) is 64.9 Å². The van der Waals surface area contributed by atoms with Crippen molar-refractivity contribution in [3.8, 4) is 0 Å². The molecule has 1 aromatic heterocycles. The summed E-state index contributed by atoms with van der Waals surface area (Å²) in [5, 5.41) is 3.90. The Labute approximate surface area is 83.9 Å². The number of hydrogen-bond donors (Lipinski definition) is 1. The molecule has 0 unspecified atom stereocenters. The van der Waals surface area contributed by atoms with Crippen LogP contribution in [0.1, 0.15) is 56.7 Å². The highest BCUT2D eigenvalue weighted by Gasteiger charge is 2.18. The Morgan fingerprint density at radius 1 is 1.07 bits per heavy atom. The summed E-state index contributed by atoms with van der Waals surface area (Å²) in [6.45, 7) is 0. The molecule has 4 nitrogen and oxygen atoms in total. The van der Waals surface area contributed by atoms with E-state index >= 15 is 0 Å². The van der Waals surface area contributed by atoms with Gasteiger partial charge in [0.15, 0.2) is 5.82 Å². The third-order valence-corrected chi connectivity index (χ3v) is 2.93. The van der Waals surface area contributed by atoms with E-state index in [0.717, 1.165) is 5.82 Å². The molecule has 1 saturated carbocycles. The van der Waals surface area contributed by atoms with Gasteiger partial charge in [0.25, 0.3) is 0 Å². The maximum atomic E-state index is 5.41. The van der Waals surface area contributed by atoms with Crippen molar-refractivity contribution >= 4 is 6.01 Å². The van der Waals surface area contributed by atoms with Gasteiger partial charge in [-0.15, -0.1) is 0 Å². The molecule has 0 bridgehead atoms. The van der Waals surface area contributed by atoms with Gasteiger partial charge < -0.3 is 10.3 Å². The second kappa shape index (κ2) is 4.44. The SMILES string of the molecule is Nc1nc(C2CCCCCCC2)no1. The van der Waals surface area contributed by atoms with E-state index in [1.165, 1.54) is 44.9 Å². The fourth-order valence-corrected chi connectivity index (χ4v) is 2.13. The standard InChI is InChI=1S/C10H17N3O/c11-10-12-9(13-14-10)8-6-4-2-1-3-5-7-8/h8H,1-7H2,(H2,11,12,13).